The Morgan fingerprint density at radius 3 is 2.67 bits per heavy atom. The van der Waals surface area contributed by atoms with Gasteiger partial charge in [0.25, 0.3) is 5.91 Å². The van der Waals surface area contributed by atoms with E-state index in [9.17, 15) is 17.6 Å². The maximum atomic E-state index is 13.7. The molecule has 3 aromatic rings. The van der Waals surface area contributed by atoms with Crippen LogP contribution in [-0.4, -0.2) is 46.8 Å². The highest BCUT2D eigenvalue weighted by Gasteiger charge is 2.49. The van der Waals surface area contributed by atoms with E-state index in [0.717, 1.165) is 11.2 Å². The number of pyridine rings is 1. The Morgan fingerprint density at radius 1 is 1.17 bits per heavy atom. The van der Waals surface area contributed by atoms with Crippen molar-refractivity contribution in [1.82, 2.24) is 19.0 Å². The second-order valence-electron chi connectivity index (χ2n) is 7.91. The van der Waals surface area contributed by atoms with Gasteiger partial charge in [-0.1, -0.05) is 12.1 Å². The van der Waals surface area contributed by atoms with E-state index in [1.165, 1.54) is 4.31 Å². The van der Waals surface area contributed by atoms with Crippen molar-refractivity contribution in [3.05, 3.63) is 66.1 Å². The Morgan fingerprint density at radius 2 is 1.97 bits per heavy atom. The van der Waals surface area contributed by atoms with E-state index < -0.39 is 16.2 Å². The Labute approximate surface area is 173 Å². The number of carbonyl (C=O) groups excluding carboxylic acids is 1. The summed E-state index contributed by atoms with van der Waals surface area (Å²) in [5.74, 6) is -0.406. The molecule has 7 nitrogen and oxygen atoms in total. The molecule has 2 aromatic heterocycles. The van der Waals surface area contributed by atoms with Gasteiger partial charge in [-0.2, -0.15) is 4.31 Å². The van der Waals surface area contributed by atoms with Crippen LogP contribution in [0.3, 0.4) is 0 Å². The van der Waals surface area contributed by atoms with Crippen molar-refractivity contribution in [2.75, 3.05) is 6.54 Å². The molecule has 1 amide bonds. The summed E-state index contributed by atoms with van der Waals surface area (Å²) in [5, 5.41) is 2.84. The number of hydrogen-bond acceptors (Lipinski definition) is 4. The number of benzene rings is 1. The van der Waals surface area contributed by atoms with E-state index >= 15 is 0 Å². The number of nitrogens with zero attached hydrogens (tertiary/aromatic N) is 3. The Bertz CT molecular complexity index is 1210. The molecule has 2 aliphatic rings. The van der Waals surface area contributed by atoms with Gasteiger partial charge in [0.15, 0.2) is 0 Å². The summed E-state index contributed by atoms with van der Waals surface area (Å²) in [5.41, 5.74) is 2.06. The zero-order chi connectivity index (χ0) is 20.9. The Kier molecular flexibility index (Phi) is 4.59. The van der Waals surface area contributed by atoms with Gasteiger partial charge in [-0.15, -0.1) is 0 Å². The van der Waals surface area contributed by atoms with Crippen molar-refractivity contribution >= 4 is 21.6 Å². The van der Waals surface area contributed by atoms with E-state index in [2.05, 4.69) is 10.3 Å². The van der Waals surface area contributed by atoms with Gasteiger partial charge in [0.05, 0.1) is 10.5 Å². The van der Waals surface area contributed by atoms with Crippen LogP contribution in [0.2, 0.25) is 0 Å². The van der Waals surface area contributed by atoms with E-state index in [1.807, 2.05) is 0 Å². The zero-order valence-corrected chi connectivity index (χ0v) is 16.9. The first kappa shape index (κ1) is 19.2. The Balaban J connectivity index is 1.24. The molecule has 1 N–H and O–H groups in total. The van der Waals surface area contributed by atoms with Crippen molar-refractivity contribution in [2.24, 2.45) is 5.92 Å². The van der Waals surface area contributed by atoms with E-state index in [4.69, 9.17) is 0 Å². The smallest absolute Gasteiger partial charge is 0.253 e. The van der Waals surface area contributed by atoms with Crippen molar-refractivity contribution in [2.45, 2.75) is 36.5 Å². The highest BCUT2D eigenvalue weighted by atomic mass is 32.2. The van der Waals surface area contributed by atoms with Crippen LogP contribution in [0.1, 0.15) is 28.8 Å². The van der Waals surface area contributed by atoms with Crippen LogP contribution in [0.4, 0.5) is 4.39 Å². The minimum atomic E-state index is -3.63. The second kappa shape index (κ2) is 7.17. The van der Waals surface area contributed by atoms with Crippen molar-refractivity contribution < 1.29 is 17.6 Å². The molecule has 0 spiro atoms. The van der Waals surface area contributed by atoms with Crippen LogP contribution in [0.25, 0.3) is 5.65 Å². The molecular weight excluding hydrogens is 407 g/mol. The third kappa shape index (κ3) is 3.27. The van der Waals surface area contributed by atoms with Gasteiger partial charge in [-0.25, -0.2) is 17.8 Å². The van der Waals surface area contributed by atoms with Gasteiger partial charge in [-0.3, -0.25) is 4.79 Å². The fourth-order valence-corrected chi connectivity index (χ4v) is 6.10. The zero-order valence-electron chi connectivity index (χ0n) is 16.1. The predicted octanol–water partition coefficient (Wildman–Crippen LogP) is 2.39. The number of rotatable bonds is 5. The van der Waals surface area contributed by atoms with Crippen molar-refractivity contribution in [3.63, 3.8) is 0 Å². The molecule has 3 atom stereocenters. The quantitative estimate of drug-likeness (QED) is 0.676. The normalized spacial score (nSPS) is 23.8. The number of amides is 1. The number of fused-ring (bicyclic) bond motifs is 3. The van der Waals surface area contributed by atoms with Crippen LogP contribution in [0.15, 0.2) is 59.9 Å². The lowest BCUT2D eigenvalue weighted by Gasteiger charge is -2.27. The molecule has 1 aromatic carbocycles. The fraction of sp³-hybridized carbons (Fsp3) is 0.333. The summed E-state index contributed by atoms with van der Waals surface area (Å²) in [7, 11) is -3.63. The maximum Gasteiger partial charge on any atom is 0.253 e. The molecule has 3 unspecified atom stereocenters. The number of halogens is 1. The largest absolute Gasteiger partial charge is 0.348 e. The molecule has 3 heterocycles. The monoisotopic (exact) mass is 428 g/mol. The first-order chi connectivity index (χ1) is 14.4. The molecule has 0 radical (unpaired) electrons. The highest BCUT2D eigenvalue weighted by Crippen LogP contribution is 2.42. The first-order valence-electron chi connectivity index (χ1n) is 9.87. The third-order valence-electron chi connectivity index (χ3n) is 6.04. The second-order valence-corrected chi connectivity index (χ2v) is 9.80. The van der Waals surface area contributed by atoms with Gasteiger partial charge < -0.3 is 9.72 Å². The lowest BCUT2D eigenvalue weighted by molar-refractivity contribution is 0.0950. The number of alkyl halides is 1. The molecule has 1 aliphatic heterocycles. The minimum Gasteiger partial charge on any atom is -0.348 e. The number of aromatic nitrogens is 2. The van der Waals surface area contributed by atoms with Crippen LogP contribution in [0.5, 0.6) is 0 Å². The average molecular weight is 428 g/mol. The summed E-state index contributed by atoms with van der Waals surface area (Å²) < 4.78 is 42.7. The fourth-order valence-electron chi connectivity index (χ4n) is 4.40. The molecule has 9 heteroatoms. The maximum absolute atomic E-state index is 13.7. The van der Waals surface area contributed by atoms with Gasteiger partial charge in [0.2, 0.25) is 10.0 Å². The standard InChI is InChI=1S/C21H21FN4O3S/c22-19-10-17-9-16(19)13-26(17)30(28,29)18-4-1-14(2-5-18)11-24-21(27)15-3-6-20-23-7-8-25(20)12-15/h1-8,12,16-17,19H,9-11,13H2,(H,24,27). The van der Waals surface area contributed by atoms with Crippen molar-refractivity contribution in [3.8, 4) is 0 Å². The van der Waals surface area contributed by atoms with Crippen LogP contribution >= 0.6 is 0 Å². The number of piperidine rings is 1. The molecular formula is C21H21FN4O3S. The summed E-state index contributed by atoms with van der Waals surface area (Å²) in [6, 6.07) is 9.73. The molecule has 2 bridgehead atoms. The molecule has 30 heavy (non-hydrogen) atoms. The molecule has 1 saturated carbocycles. The van der Waals surface area contributed by atoms with Gasteiger partial charge in [-0.05, 0) is 42.7 Å². The van der Waals surface area contributed by atoms with E-state index in [0.29, 0.717) is 18.4 Å². The van der Waals surface area contributed by atoms with Crippen LogP contribution < -0.4 is 5.32 Å². The van der Waals surface area contributed by atoms with Gasteiger partial charge in [0, 0.05) is 43.6 Å². The van der Waals surface area contributed by atoms with Crippen molar-refractivity contribution in [1.29, 1.82) is 0 Å². The van der Waals surface area contributed by atoms with E-state index in [-0.39, 0.29) is 35.9 Å². The summed E-state index contributed by atoms with van der Waals surface area (Å²) >= 11 is 0. The lowest BCUT2D eigenvalue weighted by Crippen LogP contribution is -2.40. The number of nitrogens with one attached hydrogen (secondary N) is 1. The summed E-state index contributed by atoms with van der Waals surface area (Å²) in [6.07, 6.45) is 5.15. The number of imidazole rings is 1. The first-order valence-corrected chi connectivity index (χ1v) is 11.3. The van der Waals surface area contributed by atoms with Crippen LogP contribution in [-0.2, 0) is 16.6 Å². The summed E-state index contributed by atoms with van der Waals surface area (Å²) in [6.45, 7) is 0.534. The molecule has 1 aliphatic carbocycles. The highest BCUT2D eigenvalue weighted by molar-refractivity contribution is 7.89. The third-order valence-corrected chi connectivity index (χ3v) is 7.97. The number of carbonyl (C=O) groups is 1. The summed E-state index contributed by atoms with van der Waals surface area (Å²) in [4.78, 5) is 16.8. The lowest BCUT2D eigenvalue weighted by atomic mass is 10.1. The van der Waals surface area contributed by atoms with Gasteiger partial charge >= 0.3 is 0 Å². The predicted molar refractivity (Wildman–Crippen MR) is 108 cm³/mol. The molecule has 156 valence electrons. The van der Waals surface area contributed by atoms with E-state index in [1.54, 1.807) is 59.4 Å². The SMILES string of the molecule is O=C(NCc1ccc(S(=O)(=O)N2CC3CC2CC3F)cc1)c1ccc2nccn2c1. The van der Waals surface area contributed by atoms with Gasteiger partial charge in [0.1, 0.15) is 11.8 Å². The van der Waals surface area contributed by atoms with Crippen LogP contribution in [0, 0.1) is 5.92 Å². The minimum absolute atomic E-state index is 0.180. The Hall–Kier alpha value is -2.78. The molecule has 1 saturated heterocycles. The average Bonchev–Trinajstić information content (AvgIpc) is 3.47. The molecule has 2 fully saturated rings. The molecule has 5 rings (SSSR count). The topological polar surface area (TPSA) is 83.8 Å². The number of hydrogen-bond donors (Lipinski definition) is 1. The number of sulfonamides is 1.